The van der Waals surface area contributed by atoms with Crippen molar-refractivity contribution in [3.05, 3.63) is 119 Å². The Balaban J connectivity index is 0.000000240. The Morgan fingerprint density at radius 1 is 0.657 bits per heavy atom. The molecule has 2 aromatic carbocycles. The van der Waals surface area contributed by atoms with Gasteiger partial charge in [-0.15, -0.1) is 12.8 Å². The quantitative estimate of drug-likeness (QED) is 0.343. The molecule has 2 aromatic rings. The van der Waals surface area contributed by atoms with Crippen LogP contribution in [0.25, 0.3) is 0 Å². The van der Waals surface area contributed by atoms with E-state index >= 15 is 0 Å². The predicted molar refractivity (Wildman–Crippen MR) is 144 cm³/mol. The predicted octanol–water partition coefficient (Wildman–Crippen LogP) is 5.70. The van der Waals surface area contributed by atoms with Crippen LogP contribution in [0.5, 0.6) is 0 Å². The zero-order valence-electron chi connectivity index (χ0n) is 20.8. The normalized spacial score (nSPS) is 14.2. The molecule has 0 radical (unpaired) electrons. The van der Waals surface area contributed by atoms with Crippen LogP contribution in [0.2, 0.25) is 26.2 Å². The molecule has 0 unspecified atom stereocenters. The number of hydrogen-bond donors (Lipinski definition) is 2. The van der Waals surface area contributed by atoms with E-state index in [0.717, 1.165) is 24.0 Å². The molecule has 178 valence electrons. The van der Waals surface area contributed by atoms with Gasteiger partial charge in [0.1, 0.15) is 16.5 Å². The molecule has 0 bridgehead atoms. The van der Waals surface area contributed by atoms with Crippen molar-refractivity contribution in [3.63, 3.8) is 0 Å². The van der Waals surface area contributed by atoms with Gasteiger partial charge in [-0.2, -0.15) is 12.2 Å². The van der Waals surface area contributed by atoms with Gasteiger partial charge in [-0.05, 0) is 50.5 Å². The van der Waals surface area contributed by atoms with E-state index in [0.29, 0.717) is 0 Å². The van der Waals surface area contributed by atoms with Crippen LogP contribution in [-0.4, -0.2) is 28.3 Å². The molecule has 0 saturated carbocycles. The minimum Gasteiger partial charge on any atom is -0.377 e. The van der Waals surface area contributed by atoms with Crippen molar-refractivity contribution in [2.24, 2.45) is 0 Å². The first kappa shape index (κ1) is 28.9. The van der Waals surface area contributed by atoms with Crippen molar-refractivity contribution in [3.8, 4) is 0 Å². The topological polar surface area (TPSA) is 58.2 Å². The van der Waals surface area contributed by atoms with Crippen molar-refractivity contribution >= 4 is 28.3 Å². The summed E-state index contributed by atoms with van der Waals surface area (Å²) in [6, 6.07) is 18.7. The molecule has 0 aromatic heterocycles. The van der Waals surface area contributed by atoms with E-state index < -0.39 is 16.5 Å². The average Bonchev–Trinajstić information content (AvgIpc) is 3.55. The van der Waals surface area contributed by atoms with E-state index in [1.54, 1.807) is 0 Å². The molecule has 4 rings (SSSR count). The SMILES string of the molecule is C[Si](C)(NC(=O)c1ccccc1)C1=[C-]CC=C1.C[Si](C)(NC(=O)c1ccccc1)C1=[C-]CC=C1.[Zr+2]. The van der Waals surface area contributed by atoms with Gasteiger partial charge in [-0.1, -0.05) is 36.4 Å². The summed E-state index contributed by atoms with van der Waals surface area (Å²) in [5, 5.41) is 2.36. The van der Waals surface area contributed by atoms with E-state index in [-0.39, 0.29) is 38.0 Å². The van der Waals surface area contributed by atoms with Crippen LogP contribution >= 0.6 is 0 Å². The zero-order chi connectivity index (χ0) is 24.6. The smallest absolute Gasteiger partial charge is 0.377 e. The van der Waals surface area contributed by atoms with Crippen molar-refractivity contribution in [1.29, 1.82) is 0 Å². The summed E-state index contributed by atoms with van der Waals surface area (Å²) < 4.78 is 0. The maximum atomic E-state index is 12.1. The summed E-state index contributed by atoms with van der Waals surface area (Å²) in [6.45, 7) is 8.52. The van der Waals surface area contributed by atoms with E-state index in [4.69, 9.17) is 0 Å². The van der Waals surface area contributed by atoms with E-state index in [9.17, 15) is 9.59 Å². The summed E-state index contributed by atoms with van der Waals surface area (Å²) >= 11 is 0. The number of amides is 2. The molecule has 7 heteroatoms. The van der Waals surface area contributed by atoms with Crippen LogP contribution in [0.3, 0.4) is 0 Å². The van der Waals surface area contributed by atoms with Crippen LogP contribution in [0.15, 0.2) is 95.4 Å². The molecule has 0 fully saturated rings. The summed E-state index contributed by atoms with van der Waals surface area (Å²) in [7, 11) is -3.79. The van der Waals surface area contributed by atoms with Gasteiger partial charge in [0.15, 0.2) is 0 Å². The second-order valence-corrected chi connectivity index (χ2v) is 17.4. The van der Waals surface area contributed by atoms with Crippen LogP contribution in [-0.2, 0) is 26.2 Å². The number of benzene rings is 2. The second kappa shape index (κ2) is 13.1. The van der Waals surface area contributed by atoms with Gasteiger partial charge >= 0.3 is 26.2 Å². The Bertz CT molecular complexity index is 1050. The third-order valence-corrected chi connectivity index (χ3v) is 10.7. The molecular weight excluding hydrogens is 544 g/mol. The number of rotatable bonds is 6. The van der Waals surface area contributed by atoms with Gasteiger partial charge < -0.3 is 9.96 Å². The molecular formula is C28H32N2O2Si2Zr. The second-order valence-electron chi connectivity index (χ2n) is 9.28. The molecule has 2 N–H and O–H groups in total. The molecule has 0 spiro atoms. The molecule has 2 aliphatic rings. The standard InChI is InChI=1S/2C14H16NOSi.Zr/c2*1-17(2,13-10-6-7-11-13)15-14(16)12-8-4-3-5-9-12;/h2*3-6,8-10H,7H2,1-2H3,(H,15,16);/q2*-1;+2. The zero-order valence-corrected chi connectivity index (χ0v) is 25.3. The number of carbonyl (C=O) groups is 2. The number of carbonyl (C=O) groups excluding carboxylic acids is 2. The average molecular weight is 576 g/mol. The molecule has 2 amide bonds. The third-order valence-electron chi connectivity index (χ3n) is 5.66. The fraction of sp³-hybridized carbons (Fsp3) is 0.214. The molecule has 0 heterocycles. The van der Waals surface area contributed by atoms with E-state index in [1.807, 2.05) is 60.7 Å². The molecule has 4 nitrogen and oxygen atoms in total. The van der Waals surface area contributed by atoms with Crippen molar-refractivity contribution in [2.45, 2.75) is 39.0 Å². The monoisotopic (exact) mass is 574 g/mol. The number of nitrogens with one attached hydrogen (secondary N) is 2. The molecule has 0 saturated heterocycles. The van der Waals surface area contributed by atoms with Gasteiger partial charge in [-0.25, -0.2) is 22.5 Å². The van der Waals surface area contributed by atoms with E-state index in [1.165, 1.54) is 10.4 Å². The van der Waals surface area contributed by atoms with Gasteiger partial charge in [0, 0.05) is 11.1 Å². The summed E-state index contributed by atoms with van der Waals surface area (Å²) in [5.41, 5.74) is 1.44. The van der Waals surface area contributed by atoms with Crippen LogP contribution in [0.4, 0.5) is 0 Å². The number of allylic oxidation sites excluding steroid dienone is 8. The Morgan fingerprint density at radius 3 is 1.29 bits per heavy atom. The van der Waals surface area contributed by atoms with E-state index in [2.05, 4.69) is 72.6 Å². The minimum atomic E-state index is -1.90. The Kier molecular flexibility index (Phi) is 10.8. The maximum absolute atomic E-state index is 12.1. The minimum absolute atomic E-state index is 0. The van der Waals surface area contributed by atoms with Crippen molar-refractivity contribution < 1.29 is 35.8 Å². The fourth-order valence-electron chi connectivity index (χ4n) is 3.69. The molecule has 2 aliphatic carbocycles. The van der Waals surface area contributed by atoms with Crippen LogP contribution in [0.1, 0.15) is 33.6 Å². The van der Waals surface area contributed by atoms with Crippen molar-refractivity contribution in [2.75, 3.05) is 0 Å². The maximum Gasteiger partial charge on any atom is 2.00 e. The molecule has 35 heavy (non-hydrogen) atoms. The molecule has 0 aliphatic heterocycles. The number of hydrogen-bond acceptors (Lipinski definition) is 2. The summed E-state index contributed by atoms with van der Waals surface area (Å²) in [6.07, 6.45) is 16.7. The Hall–Kier alpha value is -2.34. The van der Waals surface area contributed by atoms with Crippen LogP contribution in [0, 0.1) is 12.2 Å². The summed E-state index contributed by atoms with van der Waals surface area (Å²) in [4.78, 5) is 30.5. The first-order valence-corrected chi connectivity index (χ1v) is 17.5. The first-order chi connectivity index (χ1) is 16.2. The van der Waals surface area contributed by atoms with Crippen molar-refractivity contribution in [1.82, 2.24) is 9.96 Å². The first-order valence-electron chi connectivity index (χ1n) is 11.5. The third kappa shape index (κ3) is 8.38. The molecule has 0 atom stereocenters. The van der Waals surface area contributed by atoms with Gasteiger partial charge in [0.05, 0.1) is 0 Å². The fourth-order valence-corrected chi connectivity index (χ4v) is 7.54. The Labute approximate surface area is 230 Å². The van der Waals surface area contributed by atoms with Gasteiger partial charge in [0.2, 0.25) is 11.8 Å². The Morgan fingerprint density at radius 2 is 1.00 bits per heavy atom. The largest absolute Gasteiger partial charge is 2.00 e. The van der Waals surface area contributed by atoms with Gasteiger partial charge in [-0.3, -0.25) is 21.7 Å². The van der Waals surface area contributed by atoms with Gasteiger partial charge in [0.25, 0.3) is 0 Å². The summed E-state index contributed by atoms with van der Waals surface area (Å²) in [5.74, 6) is 0.0220. The van der Waals surface area contributed by atoms with Crippen LogP contribution < -0.4 is 9.96 Å².